The molecule has 6 heteroatoms. The Kier molecular flexibility index (Phi) is 10.4. The summed E-state index contributed by atoms with van der Waals surface area (Å²) in [5, 5.41) is 3.38. The number of fused-ring (bicyclic) bond motifs is 1. The quantitative estimate of drug-likeness (QED) is 0.143. The predicted molar refractivity (Wildman–Crippen MR) is 160 cm³/mol. The summed E-state index contributed by atoms with van der Waals surface area (Å²) in [5.41, 5.74) is 3.53. The number of nitrogens with one attached hydrogen (secondary N) is 1. The molecular formula is C31H43N5Sn. The molecule has 0 saturated carbocycles. The number of hydrogen-bond acceptors (Lipinski definition) is 4. The molecule has 0 unspecified atom stereocenters. The van der Waals surface area contributed by atoms with Crippen molar-refractivity contribution in [3.8, 4) is 5.82 Å². The molecule has 0 amide bonds. The van der Waals surface area contributed by atoms with E-state index in [9.17, 15) is 0 Å². The van der Waals surface area contributed by atoms with Gasteiger partial charge in [-0.1, -0.05) is 30.3 Å². The second kappa shape index (κ2) is 13.9. The summed E-state index contributed by atoms with van der Waals surface area (Å²) in [6.45, 7) is 7.82. The number of nitrogens with zero attached hydrogens (tertiary/aromatic N) is 4. The van der Waals surface area contributed by atoms with Crippen LogP contribution >= 0.6 is 0 Å². The van der Waals surface area contributed by atoms with Crippen LogP contribution in [0.25, 0.3) is 16.9 Å². The fraction of sp³-hybridized carbons (Fsp3) is 0.452. The van der Waals surface area contributed by atoms with Gasteiger partial charge in [0.2, 0.25) is 0 Å². The molecule has 37 heavy (non-hydrogen) atoms. The molecular weight excluding hydrogens is 561 g/mol. The van der Waals surface area contributed by atoms with Crippen LogP contribution in [-0.2, 0) is 6.42 Å². The van der Waals surface area contributed by atoms with Gasteiger partial charge in [-0.15, -0.1) is 0 Å². The van der Waals surface area contributed by atoms with Gasteiger partial charge >= 0.3 is 198 Å². The zero-order valence-corrected chi connectivity index (χ0v) is 25.8. The van der Waals surface area contributed by atoms with Gasteiger partial charge in [0.05, 0.1) is 0 Å². The minimum atomic E-state index is -2.49. The summed E-state index contributed by atoms with van der Waals surface area (Å²) < 4.78 is 8.20. The van der Waals surface area contributed by atoms with Gasteiger partial charge in [0, 0.05) is 0 Å². The molecule has 5 nitrogen and oxygen atoms in total. The van der Waals surface area contributed by atoms with E-state index in [2.05, 4.69) is 78.1 Å². The van der Waals surface area contributed by atoms with E-state index in [1.54, 1.807) is 3.58 Å². The van der Waals surface area contributed by atoms with Gasteiger partial charge in [-0.25, -0.2) is 0 Å². The fourth-order valence-corrected chi connectivity index (χ4v) is 21.4. The zero-order valence-electron chi connectivity index (χ0n) is 22.9. The molecule has 0 atom stereocenters. The maximum atomic E-state index is 4.86. The zero-order chi connectivity index (χ0) is 25.9. The monoisotopic (exact) mass is 605 g/mol. The molecule has 2 aromatic heterocycles. The van der Waals surface area contributed by atoms with Crippen LogP contribution in [0.1, 0.15) is 64.9 Å². The van der Waals surface area contributed by atoms with Crippen LogP contribution in [0.3, 0.4) is 0 Å². The Hall–Kier alpha value is -2.41. The summed E-state index contributed by atoms with van der Waals surface area (Å²) in [4.78, 5) is 14.1. The molecule has 0 bridgehead atoms. The van der Waals surface area contributed by atoms with Crippen molar-refractivity contribution >= 4 is 38.9 Å². The molecule has 0 radical (unpaired) electrons. The molecule has 0 aliphatic rings. The molecule has 0 spiro atoms. The van der Waals surface area contributed by atoms with Gasteiger partial charge in [0.1, 0.15) is 0 Å². The van der Waals surface area contributed by atoms with Crippen LogP contribution in [0.15, 0.2) is 67.1 Å². The molecule has 2 aromatic carbocycles. The molecule has 1 N–H and O–H groups in total. The Morgan fingerprint density at radius 1 is 0.811 bits per heavy atom. The van der Waals surface area contributed by atoms with Gasteiger partial charge in [0.25, 0.3) is 0 Å². The van der Waals surface area contributed by atoms with E-state index in [1.165, 1.54) is 57.4 Å². The van der Waals surface area contributed by atoms with E-state index in [0.29, 0.717) is 5.95 Å². The van der Waals surface area contributed by atoms with Gasteiger partial charge in [-0.2, -0.15) is 0 Å². The van der Waals surface area contributed by atoms with Crippen LogP contribution in [0.2, 0.25) is 13.3 Å². The van der Waals surface area contributed by atoms with Crippen molar-refractivity contribution in [1.82, 2.24) is 19.5 Å². The average Bonchev–Trinajstić information content (AvgIpc) is 3.37. The van der Waals surface area contributed by atoms with E-state index in [-0.39, 0.29) is 0 Å². The third-order valence-electron chi connectivity index (χ3n) is 7.61. The first-order valence-electron chi connectivity index (χ1n) is 14.3. The van der Waals surface area contributed by atoms with Crippen molar-refractivity contribution in [2.75, 3.05) is 11.9 Å². The third-order valence-corrected chi connectivity index (χ3v) is 23.2. The number of unbranched alkanes of at least 4 members (excludes halogenated alkanes) is 3. The van der Waals surface area contributed by atoms with Crippen LogP contribution in [0.4, 0.5) is 5.95 Å². The van der Waals surface area contributed by atoms with Crippen molar-refractivity contribution in [3.05, 3.63) is 72.7 Å². The molecule has 4 rings (SSSR count). The second-order valence-corrected chi connectivity index (χ2v) is 23.5. The van der Waals surface area contributed by atoms with Crippen LogP contribution in [0.5, 0.6) is 0 Å². The Morgan fingerprint density at radius 3 is 2.19 bits per heavy atom. The van der Waals surface area contributed by atoms with Crippen LogP contribution in [0, 0.1) is 0 Å². The molecule has 196 valence electrons. The molecule has 0 aliphatic carbocycles. The van der Waals surface area contributed by atoms with Gasteiger partial charge in [0.15, 0.2) is 0 Å². The Balaban J connectivity index is 1.57. The Labute approximate surface area is 227 Å². The average molecular weight is 604 g/mol. The fourth-order valence-electron chi connectivity index (χ4n) is 5.41. The van der Waals surface area contributed by atoms with Gasteiger partial charge < -0.3 is 0 Å². The number of benzene rings is 2. The first-order valence-corrected chi connectivity index (χ1v) is 21.8. The van der Waals surface area contributed by atoms with E-state index in [4.69, 9.17) is 9.97 Å². The molecule has 0 saturated heterocycles. The first kappa shape index (κ1) is 27.6. The van der Waals surface area contributed by atoms with Crippen LogP contribution < -0.4 is 8.90 Å². The molecule has 0 aliphatic heterocycles. The topological polar surface area (TPSA) is 55.6 Å². The van der Waals surface area contributed by atoms with Crippen molar-refractivity contribution in [1.29, 1.82) is 0 Å². The van der Waals surface area contributed by atoms with E-state index in [1.807, 2.05) is 24.7 Å². The second-order valence-electron chi connectivity index (χ2n) is 10.3. The van der Waals surface area contributed by atoms with Gasteiger partial charge in [-0.05, 0) is 0 Å². The number of rotatable bonds is 15. The predicted octanol–water partition coefficient (Wildman–Crippen LogP) is 7.53. The van der Waals surface area contributed by atoms with Crippen molar-refractivity contribution in [2.24, 2.45) is 0 Å². The van der Waals surface area contributed by atoms with Crippen LogP contribution in [-0.4, -0.2) is 44.4 Å². The first-order chi connectivity index (χ1) is 18.2. The van der Waals surface area contributed by atoms with E-state index < -0.39 is 18.4 Å². The summed E-state index contributed by atoms with van der Waals surface area (Å²) in [6.07, 6.45) is 12.7. The van der Waals surface area contributed by atoms with E-state index >= 15 is 0 Å². The Bertz CT molecular complexity index is 1220. The normalized spacial score (nSPS) is 11.8. The van der Waals surface area contributed by atoms with E-state index in [0.717, 1.165) is 29.8 Å². The molecule has 0 fully saturated rings. The number of aromatic nitrogens is 4. The summed E-state index contributed by atoms with van der Waals surface area (Å²) >= 11 is -2.49. The SMILES string of the molecule is CCC[CH2][Sn]([CH2]CCC)([CH2]CCC)[c]1ccc2c(c1)ncn2-c1ccnc(NCCc2ccccc2)n1. The minimum absolute atomic E-state index is 0.654. The van der Waals surface area contributed by atoms with Gasteiger partial charge in [-0.3, -0.25) is 0 Å². The summed E-state index contributed by atoms with van der Waals surface area (Å²) in [5.74, 6) is 1.51. The number of imidazole rings is 1. The van der Waals surface area contributed by atoms with Crippen molar-refractivity contribution < 1.29 is 0 Å². The molecule has 4 aromatic rings. The third kappa shape index (κ3) is 7.12. The molecule has 2 heterocycles. The Morgan fingerprint density at radius 2 is 1.51 bits per heavy atom. The van der Waals surface area contributed by atoms with Crippen molar-refractivity contribution in [2.45, 2.75) is 79.0 Å². The number of anilines is 1. The number of hydrogen-bond donors (Lipinski definition) is 1. The standard InChI is InChI=1S/C19H16N5.3C4H9.Sn/c1-2-6-15(7-3-1)10-12-20-19-21-13-11-18(23-19)24-14-22-16-8-4-5-9-17(16)24;3*1-3-4-2;/h1-3,5-9,11,13-14H,10,12H2,(H,20,21,23);3*1,3-4H2,2H3;. The van der Waals surface area contributed by atoms with Crippen molar-refractivity contribution in [3.63, 3.8) is 0 Å². The summed E-state index contributed by atoms with van der Waals surface area (Å²) in [6, 6.07) is 19.7. The summed E-state index contributed by atoms with van der Waals surface area (Å²) in [7, 11) is 0. The maximum absolute atomic E-state index is 4.86.